The zero-order valence-corrected chi connectivity index (χ0v) is 11.1. The maximum atomic E-state index is 11.3. The first kappa shape index (κ1) is 14.1. The molecule has 1 unspecified atom stereocenters. The van der Waals surface area contributed by atoms with Crippen LogP contribution in [0.15, 0.2) is 42.5 Å². The van der Waals surface area contributed by atoms with E-state index >= 15 is 0 Å². The molecule has 0 saturated carbocycles. The molecule has 20 heavy (non-hydrogen) atoms. The molecule has 0 spiro atoms. The van der Waals surface area contributed by atoms with Gasteiger partial charge in [-0.15, -0.1) is 0 Å². The van der Waals surface area contributed by atoms with E-state index in [1.54, 1.807) is 6.07 Å². The molecular formula is C16H14O4-2. The van der Waals surface area contributed by atoms with Crippen LogP contribution in [0.3, 0.4) is 0 Å². The van der Waals surface area contributed by atoms with Gasteiger partial charge in [0, 0.05) is 17.4 Å². The van der Waals surface area contributed by atoms with Crippen molar-refractivity contribution in [3.63, 3.8) is 0 Å². The van der Waals surface area contributed by atoms with Gasteiger partial charge < -0.3 is 19.8 Å². The Morgan fingerprint density at radius 1 is 1.05 bits per heavy atom. The molecule has 1 atom stereocenters. The maximum absolute atomic E-state index is 11.3. The third-order valence-corrected chi connectivity index (χ3v) is 3.49. The fraction of sp³-hybridized carbons (Fsp3) is 0.250. The Hall–Kier alpha value is -2.36. The van der Waals surface area contributed by atoms with Crippen LogP contribution in [0, 0.1) is 5.41 Å². The highest BCUT2D eigenvalue weighted by Crippen LogP contribution is 2.29. The lowest BCUT2D eigenvalue weighted by atomic mass is 9.79. The molecule has 0 N–H and O–H groups in total. The van der Waals surface area contributed by atoms with Crippen molar-refractivity contribution in [1.82, 2.24) is 0 Å². The van der Waals surface area contributed by atoms with Crippen LogP contribution in [-0.4, -0.2) is 11.9 Å². The molecule has 0 fully saturated rings. The van der Waals surface area contributed by atoms with Gasteiger partial charge in [-0.05, 0) is 29.2 Å². The number of hydrogen-bond acceptors (Lipinski definition) is 4. The van der Waals surface area contributed by atoms with Crippen LogP contribution in [-0.2, 0) is 16.0 Å². The molecule has 0 amide bonds. The van der Waals surface area contributed by atoms with E-state index in [9.17, 15) is 19.8 Å². The molecule has 0 aromatic heterocycles. The van der Waals surface area contributed by atoms with Gasteiger partial charge >= 0.3 is 0 Å². The molecule has 0 bridgehead atoms. The van der Waals surface area contributed by atoms with Crippen molar-refractivity contribution in [2.45, 2.75) is 19.8 Å². The maximum Gasteiger partial charge on any atom is 0.0480 e. The average Bonchev–Trinajstić information content (AvgIpc) is 2.38. The zero-order valence-electron chi connectivity index (χ0n) is 11.1. The van der Waals surface area contributed by atoms with Crippen LogP contribution in [0.4, 0.5) is 0 Å². The van der Waals surface area contributed by atoms with Crippen molar-refractivity contribution in [2.75, 3.05) is 0 Å². The molecule has 4 nitrogen and oxygen atoms in total. The molecular weight excluding hydrogens is 256 g/mol. The highest BCUT2D eigenvalue weighted by molar-refractivity contribution is 5.87. The quantitative estimate of drug-likeness (QED) is 0.781. The fourth-order valence-corrected chi connectivity index (χ4v) is 2.39. The first-order valence-corrected chi connectivity index (χ1v) is 6.30. The highest BCUT2D eigenvalue weighted by Gasteiger charge is 2.27. The number of carboxylic acid groups (broad SMARTS) is 2. The summed E-state index contributed by atoms with van der Waals surface area (Å²) in [5, 5.41) is 24.0. The third kappa shape index (κ3) is 2.79. The molecule has 104 valence electrons. The van der Waals surface area contributed by atoms with E-state index in [2.05, 4.69) is 0 Å². The van der Waals surface area contributed by atoms with Gasteiger partial charge in [-0.2, -0.15) is 0 Å². The molecule has 0 saturated heterocycles. The van der Waals surface area contributed by atoms with Crippen molar-refractivity contribution >= 4 is 22.7 Å². The lowest BCUT2D eigenvalue weighted by Crippen LogP contribution is -2.45. The van der Waals surface area contributed by atoms with Crippen molar-refractivity contribution in [3.05, 3.63) is 48.0 Å². The minimum atomic E-state index is -1.48. The summed E-state index contributed by atoms with van der Waals surface area (Å²) in [7, 11) is 0. The summed E-state index contributed by atoms with van der Waals surface area (Å²) >= 11 is 0. The lowest BCUT2D eigenvalue weighted by Gasteiger charge is -2.31. The summed E-state index contributed by atoms with van der Waals surface area (Å²) in [5.41, 5.74) is -0.695. The van der Waals surface area contributed by atoms with Gasteiger partial charge in [0.2, 0.25) is 0 Å². The van der Waals surface area contributed by atoms with E-state index in [-0.39, 0.29) is 6.42 Å². The minimum absolute atomic E-state index is 0.0880. The van der Waals surface area contributed by atoms with Gasteiger partial charge in [0.25, 0.3) is 0 Å². The van der Waals surface area contributed by atoms with Gasteiger partial charge in [-0.3, -0.25) is 0 Å². The normalized spacial score (nSPS) is 13.8. The van der Waals surface area contributed by atoms with Crippen molar-refractivity contribution in [3.8, 4) is 0 Å². The summed E-state index contributed by atoms with van der Waals surface area (Å²) < 4.78 is 0. The highest BCUT2D eigenvalue weighted by atomic mass is 16.4. The van der Waals surface area contributed by atoms with E-state index in [0.717, 1.165) is 16.3 Å². The Kier molecular flexibility index (Phi) is 3.74. The van der Waals surface area contributed by atoms with Crippen LogP contribution in [0.5, 0.6) is 0 Å². The fourth-order valence-electron chi connectivity index (χ4n) is 2.39. The number of hydrogen-bond donors (Lipinski definition) is 0. The van der Waals surface area contributed by atoms with E-state index in [1.807, 2.05) is 36.4 Å². The van der Waals surface area contributed by atoms with E-state index in [4.69, 9.17) is 0 Å². The van der Waals surface area contributed by atoms with Crippen LogP contribution in [0.2, 0.25) is 0 Å². The van der Waals surface area contributed by atoms with Gasteiger partial charge in [0.15, 0.2) is 0 Å². The Balaban J connectivity index is 2.44. The number of fused-ring (bicyclic) bond motifs is 1. The van der Waals surface area contributed by atoms with Crippen LogP contribution < -0.4 is 10.2 Å². The monoisotopic (exact) mass is 270 g/mol. The third-order valence-electron chi connectivity index (χ3n) is 3.49. The summed E-state index contributed by atoms with van der Waals surface area (Å²) in [4.78, 5) is 22.1. The minimum Gasteiger partial charge on any atom is -0.550 e. The van der Waals surface area contributed by atoms with Crippen molar-refractivity contribution < 1.29 is 19.8 Å². The Labute approximate surface area is 116 Å². The predicted octanol–water partition coefficient (Wildman–Crippen LogP) is 0.278. The molecule has 0 aliphatic heterocycles. The van der Waals surface area contributed by atoms with Crippen LogP contribution in [0.1, 0.15) is 18.9 Å². The first-order chi connectivity index (χ1) is 9.42. The standard InChI is InChI=1S/C16H16O4/c1-16(15(19)20,10-14(17)18)9-12-7-4-6-11-5-2-3-8-13(11)12/h2-8H,9-10H2,1H3,(H,17,18)(H,19,20)/p-2. The summed E-state index contributed by atoms with van der Waals surface area (Å²) in [5.74, 6) is -2.77. The Morgan fingerprint density at radius 3 is 2.35 bits per heavy atom. The van der Waals surface area contributed by atoms with E-state index in [1.165, 1.54) is 6.92 Å². The average molecular weight is 270 g/mol. The van der Waals surface area contributed by atoms with Gasteiger partial charge in [-0.1, -0.05) is 49.4 Å². The first-order valence-electron chi connectivity index (χ1n) is 6.30. The smallest absolute Gasteiger partial charge is 0.0480 e. The van der Waals surface area contributed by atoms with Crippen LogP contribution in [0.25, 0.3) is 10.8 Å². The topological polar surface area (TPSA) is 80.3 Å². The van der Waals surface area contributed by atoms with Crippen LogP contribution >= 0.6 is 0 Å². The Morgan fingerprint density at radius 2 is 1.70 bits per heavy atom. The second-order valence-electron chi connectivity index (χ2n) is 5.21. The lowest BCUT2D eigenvalue weighted by molar-refractivity contribution is -0.327. The number of rotatable bonds is 5. The Bertz CT molecular complexity index is 657. The number of carbonyl (C=O) groups is 2. The second kappa shape index (κ2) is 5.33. The number of benzene rings is 2. The summed E-state index contributed by atoms with van der Waals surface area (Å²) in [6.07, 6.45) is -0.483. The molecule has 2 rings (SSSR count). The van der Waals surface area contributed by atoms with Gasteiger partial charge in [-0.25, -0.2) is 0 Å². The van der Waals surface area contributed by atoms with Gasteiger partial charge in [0.1, 0.15) is 0 Å². The van der Waals surface area contributed by atoms with Gasteiger partial charge in [0.05, 0.1) is 0 Å². The molecule has 0 heterocycles. The molecule has 4 heteroatoms. The molecule has 0 aliphatic rings. The number of carboxylic acids is 2. The molecule has 2 aromatic carbocycles. The summed E-state index contributed by atoms with van der Waals surface area (Å²) in [6.45, 7) is 1.37. The molecule has 2 aromatic rings. The number of aliphatic carboxylic acids is 2. The van der Waals surface area contributed by atoms with Crippen molar-refractivity contribution in [2.24, 2.45) is 5.41 Å². The largest absolute Gasteiger partial charge is 0.550 e. The van der Waals surface area contributed by atoms with Crippen molar-refractivity contribution in [1.29, 1.82) is 0 Å². The molecule has 0 radical (unpaired) electrons. The van der Waals surface area contributed by atoms with E-state index < -0.39 is 23.8 Å². The molecule has 0 aliphatic carbocycles. The summed E-state index contributed by atoms with van der Waals surface area (Å²) in [6, 6.07) is 13.1. The SMILES string of the molecule is CC(CC(=O)[O-])(Cc1cccc2ccccc12)C(=O)[O-]. The van der Waals surface area contributed by atoms with E-state index in [0.29, 0.717) is 0 Å². The zero-order chi connectivity index (χ0) is 14.8. The predicted molar refractivity (Wildman–Crippen MR) is 70.4 cm³/mol. The number of carbonyl (C=O) groups excluding carboxylic acids is 2. The second-order valence-corrected chi connectivity index (χ2v) is 5.21.